The fraction of sp³-hybridized carbons (Fsp3) is 0. The standard InChI is InChI=1S/3C7H5NO4.Bi/c3*9-6-3-1-5(8(11)12)2-4-7(6)10;/h3*1-4H,(H,9,10);/q;;;+3/p+6. The van der Waals surface area contributed by atoms with E-state index in [-0.39, 0.29) is 76.8 Å². The summed E-state index contributed by atoms with van der Waals surface area (Å²) in [6.07, 6.45) is 0. The monoisotopic (exact) mass is 716 g/mol. The minimum Gasteiger partial charge on any atom is -0.587 e. The molecule has 0 aliphatic rings. The summed E-state index contributed by atoms with van der Waals surface area (Å²) in [7, 11) is 0. The average Bonchev–Trinajstić information content (AvgIpc) is 3.18. The van der Waals surface area contributed by atoms with Crippen molar-refractivity contribution in [1.29, 1.82) is 0 Å². The molecule has 0 aliphatic carbocycles. The van der Waals surface area contributed by atoms with Crippen molar-refractivity contribution in [2.45, 2.75) is 0 Å². The first kappa shape index (κ1) is 32.2. The van der Waals surface area contributed by atoms with Crippen LogP contribution in [0.3, 0.4) is 0 Å². The molecule has 0 atom stereocenters. The molecular formula is C21H21BiN3O12+9. The molecule has 188 valence electrons. The zero-order valence-electron chi connectivity index (χ0n) is 18.5. The Hall–Kier alpha value is -4.85. The van der Waals surface area contributed by atoms with Gasteiger partial charge in [-0.15, -0.1) is 0 Å². The average molecular weight is 716 g/mol. The van der Waals surface area contributed by atoms with E-state index < -0.39 is 14.8 Å². The van der Waals surface area contributed by atoms with Crippen molar-refractivity contribution in [2.75, 3.05) is 0 Å². The fourth-order valence-corrected chi connectivity index (χ4v) is 2.06. The summed E-state index contributed by atoms with van der Waals surface area (Å²) in [4.78, 5) is 55.8. The van der Waals surface area contributed by atoms with Crippen LogP contribution in [0, 0.1) is 30.3 Å². The van der Waals surface area contributed by atoms with E-state index in [2.05, 4.69) is 0 Å². The molecule has 3 aromatic rings. The number of nitro groups is 3. The molecule has 3 rings (SSSR count). The predicted molar refractivity (Wildman–Crippen MR) is 129 cm³/mol. The second-order valence-electron chi connectivity index (χ2n) is 6.44. The summed E-state index contributed by atoms with van der Waals surface area (Å²) in [6.45, 7) is 0. The molecule has 9 N–H and O–H groups in total. The van der Waals surface area contributed by atoms with Crippen molar-refractivity contribution in [1.82, 2.24) is 0 Å². The second kappa shape index (κ2) is 15.2. The van der Waals surface area contributed by atoms with E-state index >= 15 is 0 Å². The maximum atomic E-state index is 10.2. The first-order valence-electron chi connectivity index (χ1n) is 9.40. The Morgan fingerprint density at radius 3 is 0.838 bits per heavy atom. The summed E-state index contributed by atoms with van der Waals surface area (Å²) in [5.74, 6) is -0.408. The summed E-state index contributed by atoms with van der Waals surface area (Å²) < 4.78 is 0. The fourth-order valence-electron chi connectivity index (χ4n) is 2.06. The van der Waals surface area contributed by atoms with Gasteiger partial charge in [-0.1, -0.05) is 0 Å². The minimum absolute atomic E-state index is 0. The van der Waals surface area contributed by atoms with Gasteiger partial charge in [-0.3, -0.25) is 44.7 Å². The molecule has 0 saturated carbocycles. The van der Waals surface area contributed by atoms with Gasteiger partial charge in [0.1, 0.15) is 0 Å². The zero-order chi connectivity index (χ0) is 27.4. The molecule has 0 aromatic heterocycles. The van der Waals surface area contributed by atoms with E-state index in [0.29, 0.717) is 0 Å². The molecule has 3 aromatic carbocycles. The van der Waals surface area contributed by atoms with Gasteiger partial charge < -0.3 is 15.3 Å². The largest absolute Gasteiger partial charge is 3.00 e. The molecule has 2 radical (unpaired) electrons. The van der Waals surface area contributed by atoms with Crippen LogP contribution in [0.15, 0.2) is 72.8 Å². The quantitative estimate of drug-likeness (QED) is 0.152. The van der Waals surface area contributed by atoms with Crippen LogP contribution in [0.5, 0.6) is 17.2 Å². The van der Waals surface area contributed by atoms with Crippen LogP contribution in [-0.4, -0.2) is 70.7 Å². The summed E-state index contributed by atoms with van der Waals surface area (Å²) in [6, 6.07) is 13.8. The van der Waals surface area contributed by atoms with Crippen LogP contribution >= 0.6 is 0 Å². The third kappa shape index (κ3) is 11.0. The molecule has 0 spiro atoms. The van der Waals surface area contributed by atoms with Gasteiger partial charge in [-0.05, 0) is 0 Å². The van der Waals surface area contributed by atoms with E-state index in [1.54, 1.807) is 0 Å². The Kier molecular flexibility index (Phi) is 13.2. The summed E-state index contributed by atoms with van der Waals surface area (Å²) >= 11 is 0. The van der Waals surface area contributed by atoms with E-state index in [4.69, 9.17) is 29.7 Å². The van der Waals surface area contributed by atoms with Crippen LogP contribution in [0.25, 0.3) is 0 Å². The van der Waals surface area contributed by atoms with Crippen molar-refractivity contribution in [3.05, 3.63) is 119 Å². The molecule has 0 heterocycles. The Bertz CT molecular complexity index is 1310. The van der Waals surface area contributed by atoms with Gasteiger partial charge in [-0.25, -0.2) is 0 Å². The number of nitrogens with zero attached hydrogens (tertiary/aromatic N) is 3. The minimum atomic E-state index is -0.584. The van der Waals surface area contributed by atoms with E-state index in [9.17, 15) is 30.3 Å². The summed E-state index contributed by atoms with van der Waals surface area (Å²) in [5, 5.41) is 52.0. The molecule has 0 saturated heterocycles. The van der Waals surface area contributed by atoms with Crippen molar-refractivity contribution >= 4 is 43.3 Å². The smallest absolute Gasteiger partial charge is 0.587 e. The van der Waals surface area contributed by atoms with E-state index in [0.717, 1.165) is 36.4 Å². The number of hydrogen-bond donors (Lipinski definition) is 0. The van der Waals surface area contributed by atoms with E-state index in [1.165, 1.54) is 36.4 Å². The van der Waals surface area contributed by atoms with Gasteiger partial charge in [0, 0.05) is 36.4 Å². The van der Waals surface area contributed by atoms with Crippen molar-refractivity contribution in [3.63, 3.8) is 0 Å². The molecular weight excluding hydrogens is 695 g/mol. The molecule has 16 heteroatoms. The molecule has 37 heavy (non-hydrogen) atoms. The van der Waals surface area contributed by atoms with Gasteiger partial charge >= 0.3 is 59.7 Å². The SMILES string of the molecule is O=[N+]([O-])c1ccc([OH2+])c(=[OH+])cc1.O=[N+]([O-])c1ccc([OH2+])c(=[OH+])cc1.O=[N+]([O-])c1ccc([OH2+])c(=[OH+])cc1.[Bi+3]. The van der Waals surface area contributed by atoms with Crippen LogP contribution < -0.4 is 16.3 Å². The predicted octanol–water partition coefficient (Wildman–Crippen LogP) is -0.269. The third-order valence-electron chi connectivity index (χ3n) is 3.96. The van der Waals surface area contributed by atoms with Crippen LogP contribution in [0.4, 0.5) is 17.1 Å². The zero-order valence-corrected chi connectivity index (χ0v) is 22.0. The normalized spacial score (nSPS) is 9.08. The van der Waals surface area contributed by atoms with Gasteiger partial charge in [-0.2, -0.15) is 0 Å². The van der Waals surface area contributed by atoms with Crippen LogP contribution in [-0.2, 0) is 0 Å². The maximum absolute atomic E-state index is 10.2. The topological polar surface area (TPSA) is 262 Å². The Morgan fingerprint density at radius 2 is 0.649 bits per heavy atom. The summed E-state index contributed by atoms with van der Waals surface area (Å²) in [5.41, 5.74) is -1.27. The Balaban J connectivity index is 0.000000518. The molecule has 0 aliphatic heterocycles. The van der Waals surface area contributed by atoms with Gasteiger partial charge in [0.05, 0.1) is 51.2 Å². The van der Waals surface area contributed by atoms with Crippen molar-refractivity contribution < 1.29 is 44.5 Å². The number of rotatable bonds is 3. The Labute approximate surface area is 224 Å². The third-order valence-corrected chi connectivity index (χ3v) is 3.96. The molecule has 0 amide bonds. The van der Waals surface area contributed by atoms with E-state index in [1.807, 2.05) is 0 Å². The Morgan fingerprint density at radius 1 is 0.459 bits per heavy atom. The van der Waals surface area contributed by atoms with Gasteiger partial charge in [0.2, 0.25) is 0 Å². The van der Waals surface area contributed by atoms with Crippen molar-refractivity contribution in [3.8, 4) is 17.2 Å². The molecule has 0 bridgehead atoms. The second-order valence-corrected chi connectivity index (χ2v) is 6.44. The number of hydrogen-bond acceptors (Lipinski definition) is 6. The van der Waals surface area contributed by atoms with Crippen LogP contribution in [0.2, 0.25) is 0 Å². The van der Waals surface area contributed by atoms with Gasteiger partial charge in [0.25, 0.3) is 17.1 Å². The molecule has 0 fully saturated rings. The molecule has 0 unspecified atom stereocenters. The maximum Gasteiger partial charge on any atom is 3.00 e. The first-order valence-corrected chi connectivity index (χ1v) is 9.40. The van der Waals surface area contributed by atoms with Gasteiger partial charge in [0.15, 0.2) is 0 Å². The molecule has 15 nitrogen and oxygen atoms in total. The van der Waals surface area contributed by atoms with Crippen LogP contribution in [0.1, 0.15) is 0 Å². The first-order chi connectivity index (χ1) is 16.8. The van der Waals surface area contributed by atoms with Crippen molar-refractivity contribution in [2.24, 2.45) is 0 Å².